The van der Waals surface area contributed by atoms with E-state index in [0.29, 0.717) is 92.3 Å². The molecule has 0 saturated heterocycles. The lowest BCUT2D eigenvalue weighted by atomic mass is 9.43. The number of carbonyl (C=O) groups excluding carboxylic acids is 4. The van der Waals surface area contributed by atoms with Crippen molar-refractivity contribution >= 4 is 44.0 Å². The highest BCUT2D eigenvalue weighted by Crippen LogP contribution is 2.69. The molecular formula is C58H98N2O14S2. The average Bonchev–Trinajstić information content (AvgIpc) is 3.88. The van der Waals surface area contributed by atoms with Crippen LogP contribution in [0.25, 0.3) is 0 Å². The first-order chi connectivity index (χ1) is 35.7. The second-order valence-electron chi connectivity index (χ2n) is 26.6. The van der Waals surface area contributed by atoms with Crippen LogP contribution in [0.2, 0.25) is 0 Å². The smallest absolute Gasteiger partial charge is 0.306 e. The first-order valence-corrected chi connectivity index (χ1v) is 33.1. The van der Waals surface area contributed by atoms with Crippen molar-refractivity contribution in [1.29, 1.82) is 0 Å². The van der Waals surface area contributed by atoms with E-state index < -0.39 is 43.9 Å². The molecule has 0 radical (unpaired) electrons. The number of unbranched alkanes of at least 4 members (excludes halogenated alkanes) is 1. The molecule has 0 heterocycles. The summed E-state index contributed by atoms with van der Waals surface area (Å²) in [6, 6.07) is 0. The van der Waals surface area contributed by atoms with Crippen molar-refractivity contribution in [3.63, 3.8) is 0 Å². The van der Waals surface area contributed by atoms with Crippen molar-refractivity contribution in [2.24, 2.45) is 87.3 Å². The summed E-state index contributed by atoms with van der Waals surface area (Å²) in [4.78, 5) is 51.7. The molecule has 0 aromatic carbocycles. The van der Waals surface area contributed by atoms with Crippen molar-refractivity contribution in [2.75, 3.05) is 24.6 Å². The summed E-state index contributed by atoms with van der Waals surface area (Å²) in [6.45, 7) is 13.6. The van der Waals surface area contributed by atoms with Crippen LogP contribution in [-0.2, 0) is 48.9 Å². The lowest BCUT2D eigenvalue weighted by Gasteiger charge is -2.62. The minimum Gasteiger partial charge on any atom is -0.462 e. The zero-order valence-corrected chi connectivity index (χ0v) is 48.6. The van der Waals surface area contributed by atoms with Crippen molar-refractivity contribution in [3.05, 3.63) is 0 Å². The number of nitrogens with one attached hydrogen (secondary N) is 2. The minimum atomic E-state index is -4.13. The normalized spacial score (nSPS) is 38.2. The Kier molecular flexibility index (Phi) is 20.6. The van der Waals surface area contributed by atoms with Crippen LogP contribution in [0.4, 0.5) is 0 Å². The van der Waals surface area contributed by atoms with Crippen LogP contribution in [0.15, 0.2) is 0 Å². The Labute approximate surface area is 455 Å². The average molecular weight is 1110 g/mol. The fourth-order valence-corrected chi connectivity index (χ4v) is 19.1. The van der Waals surface area contributed by atoms with E-state index in [9.17, 15) is 46.2 Å². The van der Waals surface area contributed by atoms with Crippen molar-refractivity contribution < 1.29 is 64.8 Å². The molecular weight excluding hydrogens is 1010 g/mol. The van der Waals surface area contributed by atoms with Crippen molar-refractivity contribution in [3.8, 4) is 0 Å². The molecule has 7 saturated carbocycles. The molecule has 18 heteroatoms. The predicted molar refractivity (Wildman–Crippen MR) is 289 cm³/mol. The monoisotopic (exact) mass is 1110 g/mol. The van der Waals surface area contributed by atoms with E-state index in [1.54, 1.807) is 0 Å². The number of carbonyl (C=O) groups is 4. The highest BCUT2D eigenvalue weighted by Gasteiger charge is 2.63. The predicted octanol–water partition coefficient (Wildman–Crippen LogP) is 8.86. The van der Waals surface area contributed by atoms with Crippen LogP contribution in [0, 0.1) is 87.3 Å². The van der Waals surface area contributed by atoms with Crippen molar-refractivity contribution in [2.45, 2.75) is 226 Å². The van der Waals surface area contributed by atoms with Gasteiger partial charge in [-0.15, -0.1) is 0 Å². The summed E-state index contributed by atoms with van der Waals surface area (Å²) in [5, 5.41) is 29.1. The van der Waals surface area contributed by atoms with Crippen LogP contribution in [0.3, 0.4) is 0 Å². The van der Waals surface area contributed by atoms with Crippen LogP contribution in [0.1, 0.15) is 202 Å². The molecule has 2 amide bonds. The maximum atomic E-state index is 13.4. The second-order valence-corrected chi connectivity index (χ2v) is 29.8. The molecule has 4 unspecified atom stereocenters. The first-order valence-electron chi connectivity index (χ1n) is 29.9. The largest absolute Gasteiger partial charge is 0.462 e. The number of aliphatic hydroxyl groups excluding tert-OH is 2. The maximum absolute atomic E-state index is 13.4. The molecule has 0 aromatic rings. The molecule has 436 valence electrons. The number of fused-ring (bicyclic) bond motifs is 8. The van der Waals surface area contributed by atoms with E-state index in [0.717, 1.165) is 103 Å². The van der Waals surface area contributed by atoms with Gasteiger partial charge in [-0.2, -0.15) is 16.8 Å². The lowest BCUT2D eigenvalue weighted by Crippen LogP contribution is -2.58. The Morgan fingerprint density at radius 2 is 1.13 bits per heavy atom. The highest BCUT2D eigenvalue weighted by atomic mass is 32.2. The molecule has 7 fully saturated rings. The number of esters is 2. The van der Waals surface area contributed by atoms with Crippen LogP contribution < -0.4 is 10.6 Å². The first kappa shape index (κ1) is 61.2. The number of hydrogen-bond donors (Lipinski definition) is 6. The molecule has 76 heavy (non-hydrogen) atoms. The Hall–Kier alpha value is -2.38. The molecule has 7 aliphatic rings. The third-order valence-corrected chi connectivity index (χ3v) is 23.6. The summed E-state index contributed by atoms with van der Waals surface area (Å²) in [5.74, 6) is 2.07. The van der Waals surface area contributed by atoms with E-state index in [2.05, 4.69) is 52.2 Å². The standard InChI is InChI=1S/C58H98N2O14S2/c1-7-8-10-41(32-38-31-39-21-24-57(5)43(15-17-45(57)54(39)48(61)33-38)36(2)13-19-50(63)59-27-29-75(67,68)69)73-52(65)11-9-12-53(66)74-42-22-25-56(4)40(34-42)35-49(62)55-46-18-16-44(58(46,6)26-23-47(55)56)37(3)14-20-51(64)60-28-30-76(70,71)72/h36-49,54-55,61-62H,7-35H2,1-6H3,(H,59,63)(H,60,64)(H,67,68,69)(H,70,71,72)/t36-,37-,38?,39+,40?,41+,42+,43-,44-,45-,46-,47-,48+,49+,54?,55?,56+,57-,58-/m1/s1. The Morgan fingerprint density at radius 1 is 0.605 bits per heavy atom. The van der Waals surface area contributed by atoms with Crippen LogP contribution >= 0.6 is 0 Å². The summed E-state index contributed by atoms with van der Waals surface area (Å²) >= 11 is 0. The second kappa shape index (κ2) is 25.6. The van der Waals surface area contributed by atoms with Gasteiger partial charge in [-0.3, -0.25) is 28.3 Å². The lowest BCUT2D eigenvalue weighted by molar-refractivity contribution is -0.183. The van der Waals surface area contributed by atoms with Gasteiger partial charge >= 0.3 is 11.9 Å². The molecule has 0 spiro atoms. The highest BCUT2D eigenvalue weighted by molar-refractivity contribution is 7.86. The molecule has 16 nitrogen and oxygen atoms in total. The maximum Gasteiger partial charge on any atom is 0.306 e. The minimum absolute atomic E-state index is 0.0507. The molecule has 0 bridgehead atoms. The van der Waals surface area contributed by atoms with Gasteiger partial charge in [0.15, 0.2) is 0 Å². The van der Waals surface area contributed by atoms with Gasteiger partial charge in [-0.1, -0.05) is 54.4 Å². The van der Waals surface area contributed by atoms with Gasteiger partial charge in [0.25, 0.3) is 20.2 Å². The molecule has 6 N–H and O–H groups in total. The third-order valence-electron chi connectivity index (χ3n) is 22.1. The molecule has 19 atom stereocenters. The van der Waals surface area contributed by atoms with E-state index in [4.69, 9.17) is 18.6 Å². The number of rotatable bonds is 25. The van der Waals surface area contributed by atoms with Gasteiger partial charge in [0.1, 0.15) is 12.2 Å². The number of hydrogen-bond acceptors (Lipinski definition) is 12. The molecule has 7 aliphatic carbocycles. The van der Waals surface area contributed by atoms with Gasteiger partial charge in [0.2, 0.25) is 11.8 Å². The third kappa shape index (κ3) is 14.7. The Balaban J connectivity index is 0.824. The summed E-state index contributed by atoms with van der Waals surface area (Å²) < 4.78 is 74.5. The van der Waals surface area contributed by atoms with Gasteiger partial charge in [0, 0.05) is 38.8 Å². The topological polar surface area (TPSA) is 260 Å². The molecule has 0 aromatic heterocycles. The summed E-state index contributed by atoms with van der Waals surface area (Å²) in [6.07, 6.45) is 18.2. The fraction of sp³-hybridized carbons (Fsp3) is 0.931. The fourth-order valence-electron chi connectivity index (χ4n) is 18.4. The quantitative estimate of drug-likeness (QED) is 0.0369. The van der Waals surface area contributed by atoms with Gasteiger partial charge in [0.05, 0.1) is 23.7 Å². The van der Waals surface area contributed by atoms with Gasteiger partial charge < -0.3 is 30.3 Å². The van der Waals surface area contributed by atoms with E-state index in [1.165, 1.54) is 0 Å². The van der Waals surface area contributed by atoms with Gasteiger partial charge in [-0.05, 0) is 209 Å². The Morgan fingerprint density at radius 3 is 1.71 bits per heavy atom. The zero-order valence-electron chi connectivity index (χ0n) is 46.9. The molecule has 7 rings (SSSR count). The number of amides is 2. The zero-order chi connectivity index (χ0) is 55.4. The SMILES string of the molecule is CCCC[C@@H](CC1C[C@@H]2CC[C@@]3(C)[C@H](CC[C@@H]3[C@H](C)CCC(=O)NCCS(=O)(=O)O)C2[C@@H](O)C1)OC(=O)CCCC(=O)O[C@H]1CC[C@@]2(C)C(C1)C[C@H](O)C1[C@H]3CC[C@H]([C@H](C)CCC(=O)NCCS(=O)(=O)O)[C@@]3(C)CC[C@H]12. The van der Waals surface area contributed by atoms with Crippen LogP contribution in [-0.4, -0.2) is 109 Å². The summed E-state index contributed by atoms with van der Waals surface area (Å²) in [7, 11) is -8.26. The van der Waals surface area contributed by atoms with E-state index in [1.807, 2.05) is 0 Å². The summed E-state index contributed by atoms with van der Waals surface area (Å²) in [5.41, 5.74) is 0.200. The van der Waals surface area contributed by atoms with Gasteiger partial charge in [-0.25, -0.2) is 0 Å². The number of aliphatic hydroxyl groups is 2. The van der Waals surface area contributed by atoms with E-state index in [-0.39, 0.29) is 102 Å². The Bertz CT molecular complexity index is 2230. The van der Waals surface area contributed by atoms with Crippen molar-refractivity contribution in [1.82, 2.24) is 10.6 Å². The van der Waals surface area contributed by atoms with Crippen LogP contribution in [0.5, 0.6) is 0 Å². The number of ether oxygens (including phenoxy) is 2. The van der Waals surface area contributed by atoms with E-state index >= 15 is 0 Å². The molecule has 0 aliphatic heterocycles.